The van der Waals surface area contributed by atoms with E-state index in [4.69, 9.17) is 5.11 Å². The Morgan fingerprint density at radius 3 is 2.30 bits per heavy atom. The molecule has 2 unspecified atom stereocenters. The third-order valence-corrected chi connectivity index (χ3v) is 4.18. The molecule has 1 saturated heterocycles. The molecule has 0 spiro atoms. The second kappa shape index (κ2) is 6.33. The Morgan fingerprint density at radius 1 is 1.25 bits per heavy atom. The van der Waals surface area contributed by atoms with Crippen molar-refractivity contribution in [1.29, 1.82) is 0 Å². The van der Waals surface area contributed by atoms with E-state index >= 15 is 0 Å². The van der Waals surface area contributed by atoms with Gasteiger partial charge in [0.2, 0.25) is 0 Å². The van der Waals surface area contributed by atoms with Gasteiger partial charge >= 0.3 is 12.1 Å². The van der Waals surface area contributed by atoms with Crippen LogP contribution in [0.3, 0.4) is 0 Å². The molecule has 1 N–H and O–H groups in total. The molecule has 1 heterocycles. The summed E-state index contributed by atoms with van der Waals surface area (Å²) in [6, 6.07) is 0. The molecule has 0 amide bonds. The highest BCUT2D eigenvalue weighted by molar-refractivity contribution is 5.71. The number of halogens is 3. The van der Waals surface area contributed by atoms with E-state index in [1.165, 1.54) is 0 Å². The number of rotatable bonds is 3. The summed E-state index contributed by atoms with van der Waals surface area (Å²) >= 11 is 0. The topological polar surface area (TPSA) is 40.5 Å². The van der Waals surface area contributed by atoms with Crippen molar-refractivity contribution in [1.82, 2.24) is 4.90 Å². The molecule has 0 aromatic rings. The molecule has 6 heteroatoms. The van der Waals surface area contributed by atoms with Crippen molar-refractivity contribution in [2.24, 2.45) is 17.3 Å². The van der Waals surface area contributed by atoms with Gasteiger partial charge < -0.3 is 10.0 Å². The lowest BCUT2D eigenvalue weighted by Gasteiger charge is -2.30. The predicted octanol–water partition coefficient (Wildman–Crippen LogP) is 3.40. The molecule has 1 fully saturated rings. The van der Waals surface area contributed by atoms with Gasteiger partial charge in [0, 0.05) is 6.54 Å². The second-order valence-electron chi connectivity index (χ2n) is 6.73. The monoisotopic (exact) mass is 295 g/mol. The van der Waals surface area contributed by atoms with Crippen molar-refractivity contribution in [3.63, 3.8) is 0 Å². The predicted molar refractivity (Wildman–Crippen MR) is 70.4 cm³/mol. The largest absolute Gasteiger partial charge is 0.481 e. The number of carbonyl (C=O) groups is 1. The van der Waals surface area contributed by atoms with Crippen molar-refractivity contribution in [3.8, 4) is 0 Å². The van der Waals surface area contributed by atoms with Crippen LogP contribution in [-0.4, -0.2) is 41.8 Å². The van der Waals surface area contributed by atoms with E-state index in [1.54, 1.807) is 4.90 Å². The van der Waals surface area contributed by atoms with Crippen LogP contribution in [0, 0.1) is 17.3 Å². The van der Waals surface area contributed by atoms with Crippen molar-refractivity contribution < 1.29 is 23.1 Å². The summed E-state index contributed by atoms with van der Waals surface area (Å²) in [6.45, 7) is 7.08. The van der Waals surface area contributed by atoms with Crippen LogP contribution in [0.2, 0.25) is 0 Å². The van der Waals surface area contributed by atoms with E-state index in [0.29, 0.717) is 19.0 Å². The Hall–Kier alpha value is -0.780. The molecule has 3 nitrogen and oxygen atoms in total. The SMILES string of the molecule is CC(C)(C)C1CCCN(CC(C(=O)O)C(F)(F)F)CC1. The minimum absolute atomic E-state index is 0.145. The maximum atomic E-state index is 12.7. The van der Waals surface area contributed by atoms with Crippen molar-refractivity contribution >= 4 is 5.97 Å². The van der Waals surface area contributed by atoms with Gasteiger partial charge in [-0.3, -0.25) is 4.79 Å². The minimum Gasteiger partial charge on any atom is -0.481 e. The first-order valence-corrected chi connectivity index (χ1v) is 7.03. The van der Waals surface area contributed by atoms with E-state index in [9.17, 15) is 18.0 Å². The van der Waals surface area contributed by atoms with Crippen LogP contribution in [0.4, 0.5) is 13.2 Å². The van der Waals surface area contributed by atoms with Crippen LogP contribution < -0.4 is 0 Å². The molecule has 1 aliphatic rings. The van der Waals surface area contributed by atoms with Gasteiger partial charge in [-0.05, 0) is 43.7 Å². The molecule has 118 valence electrons. The summed E-state index contributed by atoms with van der Waals surface area (Å²) in [5, 5.41) is 8.74. The van der Waals surface area contributed by atoms with Gasteiger partial charge in [0.05, 0.1) is 0 Å². The molecule has 0 aliphatic carbocycles. The standard InChI is InChI=1S/C14H24F3NO2/c1-13(2,3)10-5-4-7-18(8-6-10)9-11(12(19)20)14(15,16)17/h10-11H,4-9H2,1-3H3,(H,19,20). The van der Waals surface area contributed by atoms with Crippen LogP contribution in [0.1, 0.15) is 40.0 Å². The fraction of sp³-hybridized carbons (Fsp3) is 0.929. The number of carboxylic acid groups (broad SMARTS) is 1. The number of hydrogen-bond acceptors (Lipinski definition) is 2. The third kappa shape index (κ3) is 4.96. The number of alkyl halides is 3. The molecule has 1 rings (SSSR count). The van der Waals surface area contributed by atoms with Crippen molar-refractivity contribution in [2.45, 2.75) is 46.2 Å². The Balaban J connectivity index is 2.63. The summed E-state index contributed by atoms with van der Waals surface area (Å²) in [5.74, 6) is -3.59. The van der Waals surface area contributed by atoms with Crippen LogP contribution in [0.15, 0.2) is 0 Å². The number of carboxylic acids is 1. The van der Waals surface area contributed by atoms with Gasteiger partial charge in [-0.25, -0.2) is 0 Å². The fourth-order valence-electron chi connectivity index (χ4n) is 2.78. The lowest BCUT2D eigenvalue weighted by atomic mass is 9.77. The molecule has 1 aliphatic heterocycles. The zero-order valence-electron chi connectivity index (χ0n) is 12.3. The zero-order chi connectivity index (χ0) is 15.6. The Kier molecular flexibility index (Phi) is 5.46. The first kappa shape index (κ1) is 17.3. The van der Waals surface area contributed by atoms with Gasteiger partial charge in [-0.15, -0.1) is 0 Å². The first-order chi connectivity index (χ1) is 9.01. The molecule has 0 radical (unpaired) electrons. The second-order valence-corrected chi connectivity index (χ2v) is 6.73. The Labute approximate surface area is 118 Å². The van der Waals surface area contributed by atoms with Gasteiger partial charge in [0.25, 0.3) is 0 Å². The van der Waals surface area contributed by atoms with Crippen LogP contribution in [0.25, 0.3) is 0 Å². The van der Waals surface area contributed by atoms with Gasteiger partial charge in [-0.1, -0.05) is 20.8 Å². The molecule has 2 atom stereocenters. The minimum atomic E-state index is -4.68. The van der Waals surface area contributed by atoms with Gasteiger partial charge in [0.1, 0.15) is 0 Å². The van der Waals surface area contributed by atoms with Crippen LogP contribution >= 0.6 is 0 Å². The maximum absolute atomic E-state index is 12.7. The third-order valence-electron chi connectivity index (χ3n) is 4.18. The van der Waals surface area contributed by atoms with Crippen molar-refractivity contribution in [2.75, 3.05) is 19.6 Å². The quantitative estimate of drug-likeness (QED) is 0.867. The smallest absolute Gasteiger partial charge is 0.403 e. The highest BCUT2D eigenvalue weighted by Gasteiger charge is 2.46. The molecular formula is C14H24F3NO2. The van der Waals surface area contributed by atoms with E-state index in [-0.39, 0.29) is 5.41 Å². The summed E-state index contributed by atoms with van der Waals surface area (Å²) in [6.07, 6.45) is -2.04. The Morgan fingerprint density at radius 2 is 1.85 bits per heavy atom. The average Bonchev–Trinajstić information content (AvgIpc) is 2.48. The number of nitrogens with zero attached hydrogens (tertiary/aromatic N) is 1. The maximum Gasteiger partial charge on any atom is 0.403 e. The average molecular weight is 295 g/mol. The fourth-order valence-corrected chi connectivity index (χ4v) is 2.78. The number of hydrogen-bond donors (Lipinski definition) is 1. The lowest BCUT2D eigenvalue weighted by Crippen LogP contribution is -2.41. The first-order valence-electron chi connectivity index (χ1n) is 7.03. The molecule has 0 bridgehead atoms. The summed E-state index contributed by atoms with van der Waals surface area (Å²) in [7, 11) is 0. The Bertz CT molecular complexity index is 336. The highest BCUT2D eigenvalue weighted by Crippen LogP contribution is 2.35. The van der Waals surface area contributed by atoms with E-state index in [1.807, 2.05) is 0 Å². The molecule has 0 aromatic carbocycles. The molecule has 0 saturated carbocycles. The van der Waals surface area contributed by atoms with Gasteiger partial charge in [-0.2, -0.15) is 13.2 Å². The summed E-state index contributed by atoms with van der Waals surface area (Å²) in [5.41, 5.74) is 0.145. The summed E-state index contributed by atoms with van der Waals surface area (Å²) in [4.78, 5) is 12.4. The van der Waals surface area contributed by atoms with E-state index in [0.717, 1.165) is 19.3 Å². The molecule has 20 heavy (non-hydrogen) atoms. The normalized spacial score (nSPS) is 24.2. The lowest BCUT2D eigenvalue weighted by molar-refractivity contribution is -0.196. The highest BCUT2D eigenvalue weighted by atomic mass is 19.4. The van der Waals surface area contributed by atoms with Crippen molar-refractivity contribution in [3.05, 3.63) is 0 Å². The van der Waals surface area contributed by atoms with E-state index < -0.39 is 24.6 Å². The van der Waals surface area contributed by atoms with Gasteiger partial charge in [0.15, 0.2) is 5.92 Å². The van der Waals surface area contributed by atoms with Crippen LogP contribution in [-0.2, 0) is 4.79 Å². The van der Waals surface area contributed by atoms with E-state index in [2.05, 4.69) is 20.8 Å². The number of likely N-dealkylation sites (tertiary alicyclic amines) is 1. The van der Waals surface area contributed by atoms with Crippen LogP contribution in [0.5, 0.6) is 0 Å². The molecule has 0 aromatic heterocycles. The molecular weight excluding hydrogens is 271 g/mol. The summed E-state index contributed by atoms with van der Waals surface area (Å²) < 4.78 is 38.1. The number of aliphatic carboxylic acids is 1. The zero-order valence-corrected chi connectivity index (χ0v) is 12.3.